The standard InChI is InChI=1S/C18H21FN6O2/c1-12(17(20)27)21-16-10-14(11-26)22-18(23-16)25-8-6-24(7-9-25)15-4-2-13(19)3-5-15/h2-5,10-12H,6-9H2,1H3,(H2,20,27)(H,21,22,23). The van der Waals surface area contributed by atoms with Crippen LogP contribution in [0.25, 0.3) is 0 Å². The summed E-state index contributed by atoms with van der Waals surface area (Å²) in [4.78, 5) is 35.2. The number of piperazine rings is 1. The molecule has 1 aliphatic heterocycles. The fourth-order valence-electron chi connectivity index (χ4n) is 2.84. The summed E-state index contributed by atoms with van der Waals surface area (Å²) in [6.45, 7) is 4.32. The SMILES string of the molecule is CC(Nc1cc(C=O)nc(N2CCN(c3ccc(F)cc3)CC2)n1)C(N)=O. The molecule has 0 bridgehead atoms. The highest BCUT2D eigenvalue weighted by atomic mass is 19.1. The number of nitrogens with one attached hydrogen (secondary N) is 1. The Hall–Kier alpha value is -3.23. The van der Waals surface area contributed by atoms with E-state index in [0.717, 1.165) is 5.69 Å². The summed E-state index contributed by atoms with van der Waals surface area (Å²) in [6, 6.07) is 7.24. The van der Waals surface area contributed by atoms with Crippen LogP contribution in [0.15, 0.2) is 30.3 Å². The highest BCUT2D eigenvalue weighted by Gasteiger charge is 2.21. The number of aldehydes is 1. The van der Waals surface area contributed by atoms with E-state index in [1.807, 2.05) is 4.90 Å². The number of halogens is 1. The smallest absolute Gasteiger partial charge is 0.239 e. The predicted molar refractivity (Wildman–Crippen MR) is 101 cm³/mol. The molecule has 1 saturated heterocycles. The summed E-state index contributed by atoms with van der Waals surface area (Å²) in [5.41, 5.74) is 6.44. The average molecular weight is 372 g/mol. The molecule has 2 heterocycles. The van der Waals surface area contributed by atoms with Crippen LogP contribution in [-0.4, -0.2) is 54.4 Å². The number of amides is 1. The molecule has 1 aromatic carbocycles. The maximum atomic E-state index is 13.1. The molecule has 8 nitrogen and oxygen atoms in total. The van der Waals surface area contributed by atoms with Crippen LogP contribution >= 0.6 is 0 Å². The maximum Gasteiger partial charge on any atom is 0.239 e. The molecule has 0 aliphatic carbocycles. The third kappa shape index (κ3) is 4.49. The minimum Gasteiger partial charge on any atom is -0.368 e. The molecule has 3 rings (SSSR count). The van der Waals surface area contributed by atoms with Gasteiger partial charge in [0, 0.05) is 37.9 Å². The van der Waals surface area contributed by atoms with E-state index < -0.39 is 11.9 Å². The van der Waals surface area contributed by atoms with E-state index in [1.54, 1.807) is 19.1 Å². The molecule has 142 valence electrons. The number of anilines is 3. The van der Waals surface area contributed by atoms with Crippen molar-refractivity contribution in [3.8, 4) is 0 Å². The Kier molecular flexibility index (Phi) is 5.49. The van der Waals surface area contributed by atoms with Crippen LogP contribution in [0, 0.1) is 5.82 Å². The van der Waals surface area contributed by atoms with Gasteiger partial charge in [-0.25, -0.2) is 9.37 Å². The zero-order chi connectivity index (χ0) is 19.4. The van der Waals surface area contributed by atoms with Crippen LogP contribution in [0.3, 0.4) is 0 Å². The lowest BCUT2D eigenvalue weighted by atomic mass is 10.2. The highest BCUT2D eigenvalue weighted by molar-refractivity contribution is 5.82. The quantitative estimate of drug-likeness (QED) is 0.730. The summed E-state index contributed by atoms with van der Waals surface area (Å²) in [6.07, 6.45) is 0.639. The Balaban J connectivity index is 1.72. The summed E-state index contributed by atoms with van der Waals surface area (Å²) in [5.74, 6) is 0.00398. The number of benzene rings is 1. The van der Waals surface area contributed by atoms with E-state index >= 15 is 0 Å². The summed E-state index contributed by atoms with van der Waals surface area (Å²) in [7, 11) is 0. The number of carbonyl (C=O) groups is 2. The fourth-order valence-corrected chi connectivity index (χ4v) is 2.84. The number of hydrogen-bond donors (Lipinski definition) is 2. The molecule has 27 heavy (non-hydrogen) atoms. The first-order valence-electron chi connectivity index (χ1n) is 8.62. The Morgan fingerprint density at radius 1 is 1.19 bits per heavy atom. The lowest BCUT2D eigenvalue weighted by Crippen LogP contribution is -2.47. The van der Waals surface area contributed by atoms with Crippen molar-refractivity contribution < 1.29 is 14.0 Å². The molecule has 1 aromatic heterocycles. The topological polar surface area (TPSA) is 104 Å². The molecule has 2 aromatic rings. The molecule has 3 N–H and O–H groups in total. The number of carbonyl (C=O) groups excluding carboxylic acids is 2. The Morgan fingerprint density at radius 3 is 2.41 bits per heavy atom. The number of aromatic nitrogens is 2. The Morgan fingerprint density at radius 2 is 1.81 bits per heavy atom. The fraction of sp³-hybridized carbons (Fsp3) is 0.333. The van der Waals surface area contributed by atoms with Gasteiger partial charge in [0.2, 0.25) is 11.9 Å². The van der Waals surface area contributed by atoms with E-state index in [-0.39, 0.29) is 11.5 Å². The molecular weight excluding hydrogens is 351 g/mol. The van der Waals surface area contributed by atoms with E-state index in [0.29, 0.717) is 44.2 Å². The molecule has 0 saturated carbocycles. The lowest BCUT2D eigenvalue weighted by Gasteiger charge is -2.36. The van der Waals surface area contributed by atoms with Gasteiger partial charge in [-0.2, -0.15) is 4.98 Å². The van der Waals surface area contributed by atoms with Gasteiger partial charge in [-0.3, -0.25) is 9.59 Å². The molecule has 0 radical (unpaired) electrons. The minimum atomic E-state index is -0.623. The van der Waals surface area contributed by atoms with Gasteiger partial charge in [-0.05, 0) is 31.2 Å². The van der Waals surface area contributed by atoms with Crippen LogP contribution < -0.4 is 20.9 Å². The second-order valence-corrected chi connectivity index (χ2v) is 6.31. The first-order valence-corrected chi connectivity index (χ1v) is 8.62. The number of rotatable bonds is 6. The van der Waals surface area contributed by atoms with E-state index in [1.165, 1.54) is 18.2 Å². The lowest BCUT2D eigenvalue weighted by molar-refractivity contribution is -0.118. The van der Waals surface area contributed by atoms with Gasteiger partial charge in [0.1, 0.15) is 23.4 Å². The van der Waals surface area contributed by atoms with Crippen LogP contribution in [0.4, 0.5) is 21.8 Å². The van der Waals surface area contributed by atoms with E-state index in [2.05, 4.69) is 20.2 Å². The van der Waals surface area contributed by atoms with Crippen LogP contribution in [0.2, 0.25) is 0 Å². The van der Waals surface area contributed by atoms with Crippen LogP contribution in [0.1, 0.15) is 17.4 Å². The summed E-state index contributed by atoms with van der Waals surface area (Å²) >= 11 is 0. The molecule has 0 spiro atoms. The molecule has 1 fully saturated rings. The minimum absolute atomic E-state index is 0.222. The zero-order valence-electron chi connectivity index (χ0n) is 14.9. The predicted octanol–water partition coefficient (Wildman–Crippen LogP) is 1.04. The van der Waals surface area contributed by atoms with Crippen molar-refractivity contribution in [2.45, 2.75) is 13.0 Å². The van der Waals surface area contributed by atoms with Gasteiger partial charge in [0.05, 0.1) is 0 Å². The number of nitrogens with zero attached hydrogens (tertiary/aromatic N) is 4. The molecule has 9 heteroatoms. The molecular formula is C18H21FN6O2. The first kappa shape index (κ1) is 18.6. The Labute approximate surface area is 156 Å². The van der Waals surface area contributed by atoms with E-state index in [4.69, 9.17) is 5.73 Å². The molecule has 1 amide bonds. The summed E-state index contributed by atoms with van der Waals surface area (Å²) < 4.78 is 13.1. The Bertz CT molecular complexity index is 821. The van der Waals surface area contributed by atoms with Crippen LogP contribution in [-0.2, 0) is 4.79 Å². The van der Waals surface area contributed by atoms with Gasteiger partial charge in [-0.1, -0.05) is 0 Å². The van der Waals surface area contributed by atoms with Crippen molar-refractivity contribution >= 4 is 29.6 Å². The first-order chi connectivity index (χ1) is 13.0. The van der Waals surface area contributed by atoms with Gasteiger partial charge >= 0.3 is 0 Å². The number of nitrogens with two attached hydrogens (primary N) is 1. The third-order valence-corrected chi connectivity index (χ3v) is 4.40. The highest BCUT2D eigenvalue weighted by Crippen LogP contribution is 2.20. The van der Waals surface area contributed by atoms with Gasteiger partial charge in [0.25, 0.3) is 0 Å². The largest absolute Gasteiger partial charge is 0.368 e. The second kappa shape index (κ2) is 7.98. The van der Waals surface area contributed by atoms with Crippen LogP contribution in [0.5, 0.6) is 0 Å². The average Bonchev–Trinajstić information content (AvgIpc) is 2.68. The normalized spacial score (nSPS) is 15.3. The van der Waals surface area contributed by atoms with E-state index in [9.17, 15) is 14.0 Å². The van der Waals surface area contributed by atoms with Crippen molar-refractivity contribution in [1.82, 2.24) is 9.97 Å². The van der Waals surface area contributed by atoms with Crippen molar-refractivity contribution in [3.05, 3.63) is 41.8 Å². The summed E-state index contributed by atoms with van der Waals surface area (Å²) in [5, 5.41) is 2.88. The van der Waals surface area contributed by atoms with Crippen molar-refractivity contribution in [2.75, 3.05) is 41.3 Å². The maximum absolute atomic E-state index is 13.1. The van der Waals surface area contributed by atoms with Gasteiger partial charge < -0.3 is 20.9 Å². The zero-order valence-corrected chi connectivity index (χ0v) is 14.9. The monoisotopic (exact) mass is 372 g/mol. The third-order valence-electron chi connectivity index (χ3n) is 4.40. The molecule has 1 atom stereocenters. The molecule has 1 aliphatic rings. The van der Waals surface area contributed by atoms with Gasteiger partial charge in [0.15, 0.2) is 6.29 Å². The number of primary amides is 1. The second-order valence-electron chi connectivity index (χ2n) is 6.31. The number of hydrogen-bond acceptors (Lipinski definition) is 7. The van der Waals surface area contributed by atoms with Crippen molar-refractivity contribution in [3.63, 3.8) is 0 Å². The molecule has 1 unspecified atom stereocenters. The van der Waals surface area contributed by atoms with Crippen molar-refractivity contribution in [2.24, 2.45) is 5.73 Å². The van der Waals surface area contributed by atoms with Gasteiger partial charge in [-0.15, -0.1) is 0 Å². The van der Waals surface area contributed by atoms with Crippen molar-refractivity contribution in [1.29, 1.82) is 0 Å².